The normalized spacial score (nSPS) is 19.8. The fourth-order valence-electron chi connectivity index (χ4n) is 3.11. The van der Waals surface area contributed by atoms with E-state index in [1.165, 1.54) is 12.1 Å². The summed E-state index contributed by atoms with van der Waals surface area (Å²) < 4.78 is 25.9. The number of piperidine rings is 1. The maximum atomic E-state index is 12.5. The van der Waals surface area contributed by atoms with Gasteiger partial charge in [0.05, 0.1) is 5.56 Å². The molecule has 2 aliphatic heterocycles. The molecular formula is C16H20N2O4S. The largest absolute Gasteiger partial charge is 0.339 e. The fraction of sp³-hybridized carbons (Fsp3) is 0.500. The number of sulfonamides is 1. The van der Waals surface area contributed by atoms with Gasteiger partial charge in [-0.1, -0.05) is 6.92 Å². The SMILES string of the molecule is CCCN1C(=O)c2ccc(C(=O)N3CCCCC3)cc2S1(=O)=O. The van der Waals surface area contributed by atoms with E-state index in [-0.39, 0.29) is 22.9 Å². The standard InChI is InChI=1S/C16H20N2O4S/c1-2-8-18-16(20)13-7-6-12(11-14(13)23(18,21)22)15(19)17-9-4-3-5-10-17/h6-7,11H,2-5,8-10H2,1H3. The first-order valence-corrected chi connectivity index (χ1v) is 9.41. The highest BCUT2D eigenvalue weighted by atomic mass is 32.2. The zero-order valence-electron chi connectivity index (χ0n) is 13.1. The van der Waals surface area contributed by atoms with Crippen molar-refractivity contribution in [1.29, 1.82) is 0 Å². The topological polar surface area (TPSA) is 74.8 Å². The summed E-state index contributed by atoms with van der Waals surface area (Å²) in [4.78, 5) is 26.5. The summed E-state index contributed by atoms with van der Waals surface area (Å²) in [5.74, 6) is -0.664. The third-order valence-electron chi connectivity index (χ3n) is 4.32. The molecule has 7 heteroatoms. The molecule has 1 aromatic rings. The van der Waals surface area contributed by atoms with Crippen LogP contribution in [0.3, 0.4) is 0 Å². The number of nitrogens with zero attached hydrogens (tertiary/aromatic N) is 2. The minimum atomic E-state index is -3.83. The Morgan fingerprint density at radius 1 is 1.17 bits per heavy atom. The summed E-state index contributed by atoms with van der Waals surface area (Å²) in [5.41, 5.74) is 0.494. The Kier molecular flexibility index (Phi) is 4.14. The number of likely N-dealkylation sites (tertiary alicyclic amines) is 1. The number of carbonyl (C=O) groups is 2. The number of hydrogen-bond acceptors (Lipinski definition) is 4. The molecule has 0 atom stereocenters. The van der Waals surface area contributed by atoms with Crippen molar-refractivity contribution in [2.24, 2.45) is 0 Å². The highest BCUT2D eigenvalue weighted by Gasteiger charge is 2.41. The van der Waals surface area contributed by atoms with E-state index < -0.39 is 15.9 Å². The van der Waals surface area contributed by atoms with Gasteiger partial charge in [-0.3, -0.25) is 9.59 Å². The van der Waals surface area contributed by atoms with Crippen molar-refractivity contribution < 1.29 is 18.0 Å². The first-order valence-electron chi connectivity index (χ1n) is 7.97. The molecule has 1 fully saturated rings. The predicted octanol–water partition coefficient (Wildman–Crippen LogP) is 1.87. The zero-order chi connectivity index (χ0) is 16.6. The molecule has 2 heterocycles. The molecular weight excluding hydrogens is 316 g/mol. The van der Waals surface area contributed by atoms with E-state index in [1.807, 2.05) is 6.92 Å². The molecule has 2 amide bonds. The number of amides is 2. The molecule has 0 spiro atoms. The van der Waals surface area contributed by atoms with Gasteiger partial charge in [0.15, 0.2) is 0 Å². The highest BCUT2D eigenvalue weighted by molar-refractivity contribution is 7.90. The highest BCUT2D eigenvalue weighted by Crippen LogP contribution is 2.31. The molecule has 23 heavy (non-hydrogen) atoms. The van der Waals surface area contributed by atoms with Crippen molar-refractivity contribution >= 4 is 21.8 Å². The summed E-state index contributed by atoms with van der Waals surface area (Å²) in [6.07, 6.45) is 3.61. The summed E-state index contributed by atoms with van der Waals surface area (Å²) in [5, 5.41) is 0. The van der Waals surface area contributed by atoms with Gasteiger partial charge in [0.1, 0.15) is 4.90 Å². The van der Waals surface area contributed by atoms with Crippen LogP contribution in [-0.2, 0) is 10.0 Å². The Morgan fingerprint density at radius 2 is 1.87 bits per heavy atom. The number of benzene rings is 1. The van der Waals surface area contributed by atoms with E-state index >= 15 is 0 Å². The van der Waals surface area contributed by atoms with Crippen LogP contribution >= 0.6 is 0 Å². The molecule has 3 rings (SSSR count). The maximum absolute atomic E-state index is 12.5. The minimum Gasteiger partial charge on any atom is -0.339 e. The number of hydrogen-bond donors (Lipinski definition) is 0. The van der Waals surface area contributed by atoms with Gasteiger partial charge in [-0.2, -0.15) is 0 Å². The van der Waals surface area contributed by atoms with Crippen LogP contribution in [0.25, 0.3) is 0 Å². The number of rotatable bonds is 3. The van der Waals surface area contributed by atoms with Gasteiger partial charge in [-0.15, -0.1) is 0 Å². The van der Waals surface area contributed by atoms with Gasteiger partial charge in [0, 0.05) is 25.2 Å². The fourth-order valence-corrected chi connectivity index (χ4v) is 4.80. The van der Waals surface area contributed by atoms with Gasteiger partial charge in [-0.05, 0) is 43.9 Å². The summed E-state index contributed by atoms with van der Waals surface area (Å²) in [6, 6.07) is 4.37. The predicted molar refractivity (Wildman–Crippen MR) is 84.7 cm³/mol. The Hall–Kier alpha value is -1.89. The number of fused-ring (bicyclic) bond motifs is 1. The summed E-state index contributed by atoms with van der Waals surface area (Å²) >= 11 is 0. The number of carbonyl (C=O) groups excluding carboxylic acids is 2. The quantitative estimate of drug-likeness (QED) is 0.844. The van der Waals surface area contributed by atoms with E-state index in [0.29, 0.717) is 25.1 Å². The van der Waals surface area contributed by atoms with Crippen molar-refractivity contribution in [3.8, 4) is 0 Å². The van der Waals surface area contributed by atoms with Crippen LogP contribution in [0, 0.1) is 0 Å². The third-order valence-corrected chi connectivity index (χ3v) is 6.15. The van der Waals surface area contributed by atoms with E-state index in [4.69, 9.17) is 0 Å². The second-order valence-corrected chi connectivity index (χ2v) is 7.78. The minimum absolute atomic E-state index is 0.0428. The first-order chi connectivity index (χ1) is 11.0. The molecule has 0 N–H and O–H groups in total. The van der Waals surface area contributed by atoms with E-state index in [9.17, 15) is 18.0 Å². The molecule has 0 unspecified atom stereocenters. The Balaban J connectivity index is 1.96. The molecule has 0 bridgehead atoms. The van der Waals surface area contributed by atoms with Gasteiger partial charge < -0.3 is 4.90 Å². The van der Waals surface area contributed by atoms with Crippen molar-refractivity contribution in [3.05, 3.63) is 29.3 Å². The van der Waals surface area contributed by atoms with Crippen molar-refractivity contribution in [3.63, 3.8) is 0 Å². The van der Waals surface area contributed by atoms with Crippen LogP contribution in [0.2, 0.25) is 0 Å². The molecule has 1 aromatic carbocycles. The van der Waals surface area contributed by atoms with Gasteiger partial charge >= 0.3 is 0 Å². The zero-order valence-corrected chi connectivity index (χ0v) is 13.9. The molecule has 0 saturated carbocycles. The molecule has 0 aliphatic carbocycles. The van der Waals surface area contributed by atoms with Crippen LogP contribution in [-0.4, -0.2) is 49.1 Å². The Morgan fingerprint density at radius 3 is 2.52 bits per heavy atom. The molecule has 124 valence electrons. The van der Waals surface area contributed by atoms with Crippen molar-refractivity contribution in [1.82, 2.24) is 9.21 Å². The summed E-state index contributed by atoms with van der Waals surface area (Å²) in [6.45, 7) is 3.37. The van der Waals surface area contributed by atoms with E-state index in [0.717, 1.165) is 23.6 Å². The Labute approximate surface area is 136 Å². The van der Waals surface area contributed by atoms with Crippen LogP contribution in [0.1, 0.15) is 53.3 Å². The van der Waals surface area contributed by atoms with Gasteiger partial charge in [0.25, 0.3) is 21.8 Å². The monoisotopic (exact) mass is 336 g/mol. The van der Waals surface area contributed by atoms with Crippen LogP contribution in [0.4, 0.5) is 0 Å². The second-order valence-electron chi connectivity index (χ2n) is 5.95. The van der Waals surface area contributed by atoms with Gasteiger partial charge in [-0.25, -0.2) is 12.7 Å². The molecule has 6 nitrogen and oxygen atoms in total. The summed E-state index contributed by atoms with van der Waals surface area (Å²) in [7, 11) is -3.83. The average Bonchev–Trinajstić information content (AvgIpc) is 2.76. The maximum Gasteiger partial charge on any atom is 0.269 e. The Bertz CT molecular complexity index is 751. The smallest absolute Gasteiger partial charge is 0.269 e. The lowest BCUT2D eigenvalue weighted by Crippen LogP contribution is -2.35. The molecule has 0 aromatic heterocycles. The van der Waals surface area contributed by atoms with Crippen LogP contribution < -0.4 is 0 Å². The lowest BCUT2D eigenvalue weighted by molar-refractivity contribution is 0.0723. The molecule has 1 saturated heterocycles. The van der Waals surface area contributed by atoms with Crippen molar-refractivity contribution in [2.45, 2.75) is 37.5 Å². The van der Waals surface area contributed by atoms with Gasteiger partial charge in [0.2, 0.25) is 0 Å². The molecule has 0 radical (unpaired) electrons. The second kappa shape index (κ2) is 5.96. The average molecular weight is 336 g/mol. The van der Waals surface area contributed by atoms with E-state index in [2.05, 4.69) is 0 Å². The lowest BCUT2D eigenvalue weighted by Gasteiger charge is -2.26. The lowest BCUT2D eigenvalue weighted by atomic mass is 10.1. The molecule has 2 aliphatic rings. The first kappa shape index (κ1) is 16.0. The van der Waals surface area contributed by atoms with Crippen LogP contribution in [0.15, 0.2) is 23.1 Å². The third kappa shape index (κ3) is 2.63. The van der Waals surface area contributed by atoms with Crippen LogP contribution in [0.5, 0.6) is 0 Å². The van der Waals surface area contributed by atoms with Crippen molar-refractivity contribution in [2.75, 3.05) is 19.6 Å². The van der Waals surface area contributed by atoms with E-state index in [1.54, 1.807) is 11.0 Å².